The highest BCUT2D eigenvalue weighted by Crippen LogP contribution is 2.23. The monoisotopic (exact) mass is 181 g/mol. The molecule has 1 rings (SSSR count). The van der Waals surface area contributed by atoms with Crippen LogP contribution in [-0.4, -0.2) is 16.2 Å². The van der Waals surface area contributed by atoms with E-state index in [1.165, 1.54) is 11.3 Å². The molecular weight excluding hydrogens is 162 g/mol. The van der Waals surface area contributed by atoms with Crippen LogP contribution in [0.1, 0.15) is 39.0 Å². The van der Waals surface area contributed by atoms with Gasteiger partial charge in [0, 0.05) is 17.2 Å². The van der Waals surface area contributed by atoms with Crippen LogP contribution in [0.25, 0.3) is 0 Å². The van der Waals surface area contributed by atoms with Gasteiger partial charge in [-0.2, -0.15) is 5.10 Å². The average molecular weight is 181 g/mol. The van der Waals surface area contributed by atoms with Crippen LogP contribution >= 0.6 is 0 Å². The molecule has 0 bridgehead atoms. The van der Waals surface area contributed by atoms with Gasteiger partial charge < -0.3 is 5.73 Å². The largest absolute Gasteiger partial charge is 0.328 e. The molecule has 0 saturated heterocycles. The summed E-state index contributed by atoms with van der Waals surface area (Å²) in [4.78, 5) is 0. The molecule has 0 aliphatic rings. The van der Waals surface area contributed by atoms with E-state index < -0.39 is 0 Å². The molecule has 1 unspecified atom stereocenters. The van der Waals surface area contributed by atoms with E-state index >= 15 is 0 Å². The first-order valence-corrected chi connectivity index (χ1v) is 4.69. The molecule has 0 aliphatic heterocycles. The SMILES string of the molecule is CC(N)Cc1cn[nH]c1C(C)(C)C. The highest BCUT2D eigenvalue weighted by molar-refractivity contribution is 5.24. The topological polar surface area (TPSA) is 54.7 Å². The van der Waals surface area contributed by atoms with Crippen LogP contribution in [0.4, 0.5) is 0 Å². The highest BCUT2D eigenvalue weighted by atomic mass is 15.1. The summed E-state index contributed by atoms with van der Waals surface area (Å²) in [6, 6.07) is 0.193. The number of nitrogens with one attached hydrogen (secondary N) is 1. The Kier molecular flexibility index (Phi) is 2.76. The molecule has 0 spiro atoms. The van der Waals surface area contributed by atoms with E-state index in [1.54, 1.807) is 0 Å². The quantitative estimate of drug-likeness (QED) is 0.728. The fourth-order valence-electron chi connectivity index (χ4n) is 1.46. The van der Waals surface area contributed by atoms with Crippen LogP contribution in [0.3, 0.4) is 0 Å². The number of nitrogens with two attached hydrogens (primary N) is 1. The minimum Gasteiger partial charge on any atom is -0.328 e. The maximum Gasteiger partial charge on any atom is 0.0522 e. The van der Waals surface area contributed by atoms with Gasteiger partial charge in [-0.1, -0.05) is 20.8 Å². The molecule has 1 aromatic rings. The second kappa shape index (κ2) is 3.50. The van der Waals surface area contributed by atoms with Crippen molar-refractivity contribution >= 4 is 0 Å². The van der Waals surface area contributed by atoms with Crippen molar-refractivity contribution in [2.75, 3.05) is 0 Å². The van der Waals surface area contributed by atoms with Crippen molar-refractivity contribution in [3.63, 3.8) is 0 Å². The number of hydrogen-bond donors (Lipinski definition) is 2. The van der Waals surface area contributed by atoms with E-state index in [4.69, 9.17) is 5.73 Å². The van der Waals surface area contributed by atoms with Crippen LogP contribution in [0.2, 0.25) is 0 Å². The van der Waals surface area contributed by atoms with Crippen molar-refractivity contribution in [2.24, 2.45) is 5.73 Å². The van der Waals surface area contributed by atoms with Gasteiger partial charge in [0.05, 0.1) is 6.20 Å². The fraction of sp³-hybridized carbons (Fsp3) is 0.700. The smallest absolute Gasteiger partial charge is 0.0522 e. The zero-order valence-electron chi connectivity index (χ0n) is 8.89. The summed E-state index contributed by atoms with van der Waals surface area (Å²) in [5.74, 6) is 0. The number of H-pyrrole nitrogens is 1. The summed E-state index contributed by atoms with van der Waals surface area (Å²) in [5.41, 5.74) is 8.32. The molecule has 3 heteroatoms. The van der Waals surface area contributed by atoms with Gasteiger partial charge in [0.25, 0.3) is 0 Å². The molecule has 0 amide bonds. The second-order valence-corrected chi connectivity index (χ2v) is 4.70. The van der Waals surface area contributed by atoms with E-state index in [0.29, 0.717) is 0 Å². The number of nitrogens with zero attached hydrogens (tertiary/aromatic N) is 1. The highest BCUT2D eigenvalue weighted by Gasteiger charge is 2.20. The Morgan fingerprint density at radius 1 is 1.54 bits per heavy atom. The first-order valence-electron chi connectivity index (χ1n) is 4.69. The van der Waals surface area contributed by atoms with Crippen molar-refractivity contribution in [1.82, 2.24) is 10.2 Å². The second-order valence-electron chi connectivity index (χ2n) is 4.70. The molecule has 1 heterocycles. The summed E-state index contributed by atoms with van der Waals surface area (Å²) >= 11 is 0. The van der Waals surface area contributed by atoms with Gasteiger partial charge in [-0.3, -0.25) is 5.10 Å². The van der Waals surface area contributed by atoms with Crippen LogP contribution in [0.5, 0.6) is 0 Å². The Morgan fingerprint density at radius 3 is 2.62 bits per heavy atom. The van der Waals surface area contributed by atoms with E-state index in [0.717, 1.165) is 6.42 Å². The summed E-state index contributed by atoms with van der Waals surface area (Å²) in [6.07, 6.45) is 2.77. The summed E-state index contributed by atoms with van der Waals surface area (Å²) < 4.78 is 0. The predicted octanol–water partition coefficient (Wildman–Crippen LogP) is 1.60. The number of hydrogen-bond acceptors (Lipinski definition) is 2. The molecule has 0 aromatic carbocycles. The van der Waals surface area contributed by atoms with Gasteiger partial charge in [0.2, 0.25) is 0 Å². The van der Waals surface area contributed by atoms with E-state index in [1.807, 2.05) is 13.1 Å². The minimum absolute atomic E-state index is 0.126. The molecule has 3 nitrogen and oxygen atoms in total. The first-order chi connectivity index (χ1) is 5.91. The number of aromatic nitrogens is 2. The van der Waals surface area contributed by atoms with Crippen LogP contribution in [-0.2, 0) is 11.8 Å². The lowest BCUT2D eigenvalue weighted by atomic mass is 9.88. The predicted molar refractivity (Wildman–Crippen MR) is 54.6 cm³/mol. The lowest BCUT2D eigenvalue weighted by Crippen LogP contribution is -2.21. The molecule has 0 radical (unpaired) electrons. The Morgan fingerprint density at radius 2 is 2.15 bits per heavy atom. The van der Waals surface area contributed by atoms with Crippen molar-refractivity contribution < 1.29 is 0 Å². The van der Waals surface area contributed by atoms with Gasteiger partial charge in [0.15, 0.2) is 0 Å². The van der Waals surface area contributed by atoms with Crippen molar-refractivity contribution in [3.05, 3.63) is 17.5 Å². The third-order valence-corrected chi connectivity index (χ3v) is 2.01. The van der Waals surface area contributed by atoms with Gasteiger partial charge in [-0.05, 0) is 18.9 Å². The number of aromatic amines is 1. The molecule has 0 fully saturated rings. The lowest BCUT2D eigenvalue weighted by molar-refractivity contribution is 0.556. The zero-order chi connectivity index (χ0) is 10.1. The Hall–Kier alpha value is -0.830. The summed E-state index contributed by atoms with van der Waals surface area (Å²) in [7, 11) is 0. The molecule has 74 valence electrons. The Labute approximate surface area is 79.7 Å². The normalized spacial score (nSPS) is 14.5. The average Bonchev–Trinajstić information content (AvgIpc) is 2.31. The lowest BCUT2D eigenvalue weighted by Gasteiger charge is -2.18. The standard InChI is InChI=1S/C10H19N3/c1-7(11)5-8-6-12-13-9(8)10(2,3)4/h6-7H,5,11H2,1-4H3,(H,12,13). The van der Waals surface area contributed by atoms with Gasteiger partial charge in [0.1, 0.15) is 0 Å². The third-order valence-electron chi connectivity index (χ3n) is 2.01. The third kappa shape index (κ3) is 2.56. The van der Waals surface area contributed by atoms with Crippen molar-refractivity contribution in [2.45, 2.75) is 45.6 Å². The van der Waals surface area contributed by atoms with E-state index in [9.17, 15) is 0 Å². The van der Waals surface area contributed by atoms with Crippen molar-refractivity contribution in [1.29, 1.82) is 0 Å². The van der Waals surface area contributed by atoms with E-state index in [-0.39, 0.29) is 11.5 Å². The molecule has 1 atom stereocenters. The molecule has 13 heavy (non-hydrogen) atoms. The van der Waals surface area contributed by atoms with Gasteiger partial charge in [-0.15, -0.1) is 0 Å². The zero-order valence-corrected chi connectivity index (χ0v) is 8.89. The maximum absolute atomic E-state index is 5.75. The van der Waals surface area contributed by atoms with Gasteiger partial charge >= 0.3 is 0 Å². The molecule has 0 saturated carbocycles. The fourth-order valence-corrected chi connectivity index (χ4v) is 1.46. The van der Waals surface area contributed by atoms with Crippen LogP contribution in [0, 0.1) is 0 Å². The Bertz CT molecular complexity index is 268. The van der Waals surface area contributed by atoms with Gasteiger partial charge in [-0.25, -0.2) is 0 Å². The molecular formula is C10H19N3. The van der Waals surface area contributed by atoms with Crippen LogP contribution in [0.15, 0.2) is 6.20 Å². The molecule has 0 aliphatic carbocycles. The summed E-state index contributed by atoms with van der Waals surface area (Å²) in [5, 5.41) is 7.11. The number of rotatable bonds is 2. The molecule has 3 N–H and O–H groups in total. The minimum atomic E-state index is 0.126. The molecule has 1 aromatic heterocycles. The van der Waals surface area contributed by atoms with Crippen LogP contribution < -0.4 is 5.73 Å². The summed E-state index contributed by atoms with van der Waals surface area (Å²) in [6.45, 7) is 8.53. The van der Waals surface area contributed by atoms with Crippen molar-refractivity contribution in [3.8, 4) is 0 Å². The Balaban J connectivity index is 2.90. The maximum atomic E-state index is 5.75. The van der Waals surface area contributed by atoms with E-state index in [2.05, 4.69) is 31.0 Å². The first kappa shape index (κ1) is 10.3.